The van der Waals surface area contributed by atoms with Crippen LogP contribution >= 0.6 is 0 Å². The van der Waals surface area contributed by atoms with Crippen LogP contribution in [0.4, 0.5) is 10.2 Å². The van der Waals surface area contributed by atoms with Crippen molar-refractivity contribution in [3.63, 3.8) is 0 Å². The second kappa shape index (κ2) is 8.25. The highest BCUT2D eigenvalue weighted by Gasteiger charge is 2.36. The first kappa shape index (κ1) is 21.8. The maximum atomic E-state index is 13.7. The van der Waals surface area contributed by atoms with Gasteiger partial charge in [0, 0.05) is 50.8 Å². The Balaban J connectivity index is 1.65. The van der Waals surface area contributed by atoms with Gasteiger partial charge in [-0.3, -0.25) is 9.69 Å². The smallest absolute Gasteiger partial charge is 0.281 e. The van der Waals surface area contributed by atoms with Crippen LogP contribution in [0.1, 0.15) is 41.4 Å². The molecule has 0 bridgehead atoms. The fourth-order valence-electron chi connectivity index (χ4n) is 4.15. The van der Waals surface area contributed by atoms with Gasteiger partial charge in [-0.2, -0.15) is 17.0 Å². The van der Waals surface area contributed by atoms with Crippen LogP contribution in [-0.4, -0.2) is 60.1 Å². The van der Waals surface area contributed by atoms with Crippen LogP contribution in [-0.2, 0) is 28.0 Å². The molecule has 0 radical (unpaired) electrons. The number of rotatable bonds is 5. The van der Waals surface area contributed by atoms with Crippen molar-refractivity contribution in [2.75, 3.05) is 32.1 Å². The van der Waals surface area contributed by atoms with E-state index in [0.717, 1.165) is 11.3 Å². The Bertz CT molecular complexity index is 1120. The molecular formula is C21H26FN5O3S. The topological polar surface area (TPSA) is 86.7 Å². The van der Waals surface area contributed by atoms with E-state index in [0.29, 0.717) is 49.6 Å². The van der Waals surface area contributed by atoms with Crippen molar-refractivity contribution in [3.8, 4) is 0 Å². The van der Waals surface area contributed by atoms with Crippen LogP contribution in [0.15, 0.2) is 24.3 Å². The van der Waals surface area contributed by atoms with Gasteiger partial charge in [-0.05, 0) is 37.5 Å². The van der Waals surface area contributed by atoms with Gasteiger partial charge in [0.15, 0.2) is 0 Å². The lowest BCUT2D eigenvalue weighted by molar-refractivity contribution is -0.119. The van der Waals surface area contributed by atoms with Crippen LogP contribution in [0, 0.1) is 12.7 Å². The van der Waals surface area contributed by atoms with E-state index in [1.54, 1.807) is 17.0 Å². The molecule has 1 amide bonds. The number of nitrogens with zero attached hydrogens (tertiary/aromatic N) is 5. The molecule has 4 rings (SSSR count). The Hall–Kier alpha value is -2.43. The molecule has 3 heterocycles. The minimum atomic E-state index is -3.50. The largest absolute Gasteiger partial charge is 0.292 e. The number of aryl methyl sites for hydroxylation is 1. The number of anilines is 1. The van der Waals surface area contributed by atoms with E-state index in [4.69, 9.17) is 4.98 Å². The summed E-state index contributed by atoms with van der Waals surface area (Å²) in [5, 5.41) is 0. The summed E-state index contributed by atoms with van der Waals surface area (Å²) in [6.07, 6.45) is 1.53. The molecule has 166 valence electrons. The van der Waals surface area contributed by atoms with E-state index in [9.17, 15) is 17.6 Å². The van der Waals surface area contributed by atoms with Crippen LogP contribution in [0.5, 0.6) is 0 Å². The number of carbonyl (C=O) groups excluding carboxylic acids is 1. The first-order valence-corrected chi connectivity index (χ1v) is 11.7. The van der Waals surface area contributed by atoms with Gasteiger partial charge in [0.05, 0.1) is 6.54 Å². The monoisotopic (exact) mass is 447 g/mol. The predicted molar refractivity (Wildman–Crippen MR) is 114 cm³/mol. The molecule has 0 unspecified atom stereocenters. The van der Waals surface area contributed by atoms with Gasteiger partial charge in [-0.1, -0.05) is 12.1 Å². The van der Waals surface area contributed by atoms with Crippen molar-refractivity contribution in [2.24, 2.45) is 0 Å². The number of aromatic nitrogens is 2. The highest BCUT2D eigenvalue weighted by atomic mass is 32.2. The molecule has 1 saturated heterocycles. The van der Waals surface area contributed by atoms with Crippen LogP contribution in [0.3, 0.4) is 0 Å². The number of carbonyl (C=O) groups is 1. The summed E-state index contributed by atoms with van der Waals surface area (Å²) in [5.74, 6) is 0.536. The molecule has 8 nitrogen and oxygen atoms in total. The first-order valence-electron chi connectivity index (χ1n) is 10.3. The molecule has 0 N–H and O–H groups in total. The Morgan fingerprint density at radius 1 is 1.23 bits per heavy atom. The molecule has 2 aliphatic heterocycles. The van der Waals surface area contributed by atoms with Crippen LogP contribution in [0.25, 0.3) is 0 Å². The maximum Gasteiger partial charge on any atom is 0.281 e. The van der Waals surface area contributed by atoms with Gasteiger partial charge in [0.2, 0.25) is 5.91 Å². The van der Waals surface area contributed by atoms with Gasteiger partial charge < -0.3 is 0 Å². The van der Waals surface area contributed by atoms with E-state index in [2.05, 4.69) is 4.98 Å². The molecule has 0 spiro atoms. The summed E-state index contributed by atoms with van der Waals surface area (Å²) in [5.41, 5.74) is 2.39. The van der Waals surface area contributed by atoms with Gasteiger partial charge in [0.1, 0.15) is 17.5 Å². The second-order valence-corrected chi connectivity index (χ2v) is 10.4. The fourth-order valence-corrected chi connectivity index (χ4v) is 5.31. The Morgan fingerprint density at radius 3 is 2.71 bits per heavy atom. The average Bonchev–Trinajstić information content (AvgIpc) is 3.21. The lowest BCUT2D eigenvalue weighted by atomic mass is 10.0. The van der Waals surface area contributed by atoms with E-state index < -0.39 is 10.2 Å². The molecule has 31 heavy (non-hydrogen) atoms. The normalized spacial score (nSPS) is 19.8. The number of amides is 1. The van der Waals surface area contributed by atoms with Crippen molar-refractivity contribution in [3.05, 3.63) is 52.7 Å². The van der Waals surface area contributed by atoms with E-state index in [1.165, 1.54) is 34.8 Å². The lowest BCUT2D eigenvalue weighted by Crippen LogP contribution is -2.38. The van der Waals surface area contributed by atoms with Crippen LogP contribution < -0.4 is 4.90 Å². The minimum Gasteiger partial charge on any atom is -0.292 e. The Kier molecular flexibility index (Phi) is 5.80. The molecular weight excluding hydrogens is 421 g/mol. The van der Waals surface area contributed by atoms with E-state index >= 15 is 0 Å². The molecule has 2 aromatic rings. The molecule has 10 heteroatoms. The summed E-state index contributed by atoms with van der Waals surface area (Å²) in [4.78, 5) is 23.7. The van der Waals surface area contributed by atoms with Gasteiger partial charge >= 0.3 is 0 Å². The Labute approximate surface area is 181 Å². The predicted octanol–water partition coefficient (Wildman–Crippen LogP) is 2.00. The minimum absolute atomic E-state index is 0.0657. The number of hydrogen-bond acceptors (Lipinski definition) is 5. The SMILES string of the molecule is Cc1nc([C@H]2CCN(S(=O)(=O)N(C)C)C2)nc2c1CCC(=O)N2Cc1cccc(F)c1. The van der Waals surface area contributed by atoms with E-state index in [1.807, 2.05) is 6.92 Å². The quantitative estimate of drug-likeness (QED) is 0.700. The third kappa shape index (κ3) is 4.19. The molecule has 1 fully saturated rings. The number of fused-ring (bicyclic) bond motifs is 1. The average molecular weight is 448 g/mol. The number of hydrogen-bond donors (Lipinski definition) is 0. The zero-order valence-corrected chi connectivity index (χ0v) is 18.7. The second-order valence-electron chi connectivity index (χ2n) is 8.21. The van der Waals surface area contributed by atoms with Crippen molar-refractivity contribution >= 4 is 21.9 Å². The summed E-state index contributed by atoms with van der Waals surface area (Å²) < 4.78 is 41.2. The third-order valence-corrected chi connectivity index (χ3v) is 7.80. The number of halogens is 1. The van der Waals surface area contributed by atoms with Crippen molar-refractivity contribution < 1.29 is 17.6 Å². The third-order valence-electron chi connectivity index (χ3n) is 5.89. The van der Waals surface area contributed by atoms with Crippen molar-refractivity contribution in [1.82, 2.24) is 18.6 Å². The zero-order chi connectivity index (χ0) is 22.3. The van der Waals surface area contributed by atoms with Gasteiger partial charge in [-0.25, -0.2) is 14.4 Å². The first-order chi connectivity index (χ1) is 14.7. The lowest BCUT2D eigenvalue weighted by Gasteiger charge is -2.30. The molecule has 0 aliphatic carbocycles. The molecule has 1 atom stereocenters. The standard InChI is InChI=1S/C21H26FN5O3S/c1-14-18-7-8-19(28)27(12-15-5-4-6-17(22)11-15)21(18)24-20(23-14)16-9-10-26(13-16)31(29,30)25(2)3/h4-6,11,16H,7-10,12-13H2,1-3H3/t16-/m0/s1. The van der Waals surface area contributed by atoms with Crippen LogP contribution in [0.2, 0.25) is 0 Å². The fraction of sp³-hybridized carbons (Fsp3) is 0.476. The summed E-state index contributed by atoms with van der Waals surface area (Å²) in [6, 6.07) is 6.18. The van der Waals surface area contributed by atoms with Crippen molar-refractivity contribution in [2.45, 2.75) is 38.6 Å². The maximum absolute atomic E-state index is 13.7. The van der Waals surface area contributed by atoms with Gasteiger partial charge in [-0.15, -0.1) is 0 Å². The molecule has 1 aromatic heterocycles. The molecule has 0 saturated carbocycles. The summed E-state index contributed by atoms with van der Waals surface area (Å²) in [6.45, 7) is 2.82. The molecule has 1 aromatic carbocycles. The van der Waals surface area contributed by atoms with Gasteiger partial charge in [0.25, 0.3) is 10.2 Å². The number of benzene rings is 1. The highest BCUT2D eigenvalue weighted by Crippen LogP contribution is 2.33. The molecule has 2 aliphatic rings. The van der Waals surface area contributed by atoms with E-state index in [-0.39, 0.29) is 24.2 Å². The highest BCUT2D eigenvalue weighted by molar-refractivity contribution is 7.86. The van der Waals surface area contributed by atoms with Crippen molar-refractivity contribution in [1.29, 1.82) is 0 Å². The Morgan fingerprint density at radius 2 is 2.00 bits per heavy atom. The summed E-state index contributed by atoms with van der Waals surface area (Å²) >= 11 is 0. The summed E-state index contributed by atoms with van der Waals surface area (Å²) in [7, 11) is -0.474. The zero-order valence-electron chi connectivity index (χ0n) is 17.9.